The molecule has 2 N–H and O–H groups in total. The molecule has 0 aliphatic rings. The Kier molecular flexibility index (Phi) is 8.00. The SMILES string of the molecule is C=CC(=O)NCC(C)O.Cl. The topological polar surface area (TPSA) is 49.3 Å². The lowest BCUT2D eigenvalue weighted by Crippen LogP contribution is -2.28. The van der Waals surface area contributed by atoms with Gasteiger partial charge in [-0.2, -0.15) is 0 Å². The lowest BCUT2D eigenvalue weighted by atomic mass is 10.4. The molecule has 0 aromatic carbocycles. The molecule has 10 heavy (non-hydrogen) atoms. The average molecular weight is 166 g/mol. The quantitative estimate of drug-likeness (QED) is 0.583. The zero-order valence-electron chi connectivity index (χ0n) is 5.83. The Morgan fingerprint density at radius 3 is 2.70 bits per heavy atom. The van der Waals surface area contributed by atoms with Gasteiger partial charge in [0.15, 0.2) is 0 Å². The number of carbonyl (C=O) groups excluding carboxylic acids is 1. The minimum atomic E-state index is -0.492. The van der Waals surface area contributed by atoms with Crippen molar-refractivity contribution in [1.29, 1.82) is 0 Å². The molecule has 0 rings (SSSR count). The van der Waals surface area contributed by atoms with Gasteiger partial charge in [-0.25, -0.2) is 0 Å². The number of nitrogens with one attached hydrogen (secondary N) is 1. The van der Waals surface area contributed by atoms with E-state index in [0.29, 0.717) is 0 Å². The van der Waals surface area contributed by atoms with Gasteiger partial charge in [-0.15, -0.1) is 12.4 Å². The highest BCUT2D eigenvalue weighted by atomic mass is 35.5. The molecule has 4 heteroatoms. The second kappa shape index (κ2) is 6.58. The summed E-state index contributed by atoms with van der Waals surface area (Å²) in [5.74, 6) is -0.254. The largest absolute Gasteiger partial charge is 0.392 e. The van der Waals surface area contributed by atoms with E-state index in [1.54, 1.807) is 6.92 Å². The number of hydrogen-bond donors (Lipinski definition) is 2. The van der Waals surface area contributed by atoms with Gasteiger partial charge in [0.05, 0.1) is 6.10 Å². The summed E-state index contributed by atoms with van der Waals surface area (Å²) < 4.78 is 0. The Morgan fingerprint density at radius 1 is 1.90 bits per heavy atom. The van der Waals surface area contributed by atoms with Crippen LogP contribution < -0.4 is 5.32 Å². The van der Waals surface area contributed by atoms with Crippen molar-refractivity contribution in [3.63, 3.8) is 0 Å². The molecule has 1 unspecified atom stereocenters. The lowest BCUT2D eigenvalue weighted by Gasteiger charge is -2.02. The summed E-state index contributed by atoms with van der Waals surface area (Å²) >= 11 is 0. The van der Waals surface area contributed by atoms with Crippen LogP contribution in [0.15, 0.2) is 12.7 Å². The summed E-state index contributed by atoms with van der Waals surface area (Å²) in [6.07, 6.45) is 0.677. The highest BCUT2D eigenvalue weighted by molar-refractivity contribution is 5.86. The Labute approximate surface area is 66.5 Å². The molecule has 0 aromatic heterocycles. The lowest BCUT2D eigenvalue weighted by molar-refractivity contribution is -0.116. The van der Waals surface area contributed by atoms with Crippen LogP contribution in [-0.2, 0) is 4.79 Å². The Morgan fingerprint density at radius 2 is 2.40 bits per heavy atom. The van der Waals surface area contributed by atoms with E-state index in [9.17, 15) is 4.79 Å². The van der Waals surface area contributed by atoms with Gasteiger partial charge >= 0.3 is 0 Å². The van der Waals surface area contributed by atoms with Crippen molar-refractivity contribution in [2.45, 2.75) is 13.0 Å². The van der Waals surface area contributed by atoms with Gasteiger partial charge in [0.1, 0.15) is 0 Å². The fourth-order valence-electron chi connectivity index (χ4n) is 0.320. The van der Waals surface area contributed by atoms with Crippen LogP contribution in [0.1, 0.15) is 6.92 Å². The molecule has 0 heterocycles. The van der Waals surface area contributed by atoms with Crippen LogP contribution in [0, 0.1) is 0 Å². The summed E-state index contributed by atoms with van der Waals surface area (Å²) in [6.45, 7) is 5.13. The molecule has 0 aliphatic heterocycles. The maximum absolute atomic E-state index is 10.4. The summed E-state index contributed by atoms with van der Waals surface area (Å²) in [5, 5.41) is 11.1. The van der Waals surface area contributed by atoms with Crippen LogP contribution in [0.3, 0.4) is 0 Å². The molecule has 0 spiro atoms. The van der Waals surface area contributed by atoms with Crippen molar-refractivity contribution < 1.29 is 9.90 Å². The maximum Gasteiger partial charge on any atom is 0.243 e. The van der Waals surface area contributed by atoms with Gasteiger partial charge in [-0.3, -0.25) is 4.79 Å². The van der Waals surface area contributed by atoms with Crippen LogP contribution >= 0.6 is 12.4 Å². The molecule has 0 bridgehead atoms. The van der Waals surface area contributed by atoms with Crippen molar-refractivity contribution in [2.75, 3.05) is 6.54 Å². The molecule has 0 radical (unpaired) electrons. The van der Waals surface area contributed by atoms with E-state index in [4.69, 9.17) is 5.11 Å². The predicted octanol–water partition coefficient (Wildman–Crippen LogP) is 0.0912. The monoisotopic (exact) mass is 165 g/mol. The highest BCUT2D eigenvalue weighted by Crippen LogP contribution is 1.74. The minimum Gasteiger partial charge on any atom is -0.392 e. The Bertz CT molecular complexity index is 114. The first kappa shape index (κ1) is 12.2. The van der Waals surface area contributed by atoms with E-state index in [1.807, 2.05) is 0 Å². The average Bonchev–Trinajstić information content (AvgIpc) is 1.83. The number of aliphatic hydroxyl groups excluding tert-OH is 1. The molecule has 0 saturated carbocycles. The van der Waals surface area contributed by atoms with Gasteiger partial charge in [-0.1, -0.05) is 6.58 Å². The third-order valence-electron chi connectivity index (χ3n) is 0.757. The van der Waals surface area contributed by atoms with Gasteiger partial charge in [0, 0.05) is 6.54 Å². The number of rotatable bonds is 3. The Hall–Kier alpha value is -0.540. The van der Waals surface area contributed by atoms with Gasteiger partial charge < -0.3 is 10.4 Å². The molecular weight excluding hydrogens is 154 g/mol. The molecule has 3 nitrogen and oxygen atoms in total. The van der Waals surface area contributed by atoms with E-state index in [0.717, 1.165) is 0 Å². The van der Waals surface area contributed by atoms with E-state index in [-0.39, 0.29) is 24.9 Å². The van der Waals surface area contributed by atoms with Crippen LogP contribution in [-0.4, -0.2) is 23.7 Å². The summed E-state index contributed by atoms with van der Waals surface area (Å²) in [7, 11) is 0. The van der Waals surface area contributed by atoms with Crippen LogP contribution in [0.25, 0.3) is 0 Å². The van der Waals surface area contributed by atoms with Gasteiger partial charge in [0.25, 0.3) is 0 Å². The summed E-state index contributed by atoms with van der Waals surface area (Å²) in [4.78, 5) is 10.4. The van der Waals surface area contributed by atoms with Crippen molar-refractivity contribution in [3.8, 4) is 0 Å². The molecule has 0 saturated heterocycles. The van der Waals surface area contributed by atoms with Crippen LogP contribution in [0.2, 0.25) is 0 Å². The van der Waals surface area contributed by atoms with E-state index < -0.39 is 6.10 Å². The number of carbonyl (C=O) groups is 1. The molecule has 60 valence electrons. The van der Waals surface area contributed by atoms with Crippen molar-refractivity contribution >= 4 is 18.3 Å². The predicted molar refractivity (Wildman–Crippen MR) is 42.1 cm³/mol. The van der Waals surface area contributed by atoms with E-state index in [1.165, 1.54) is 6.08 Å². The van der Waals surface area contributed by atoms with Crippen molar-refractivity contribution in [2.24, 2.45) is 0 Å². The molecule has 1 amide bonds. The zero-order chi connectivity index (χ0) is 7.28. The number of halogens is 1. The summed E-state index contributed by atoms with van der Waals surface area (Å²) in [6, 6.07) is 0. The smallest absolute Gasteiger partial charge is 0.243 e. The Balaban J connectivity index is 0. The van der Waals surface area contributed by atoms with Crippen LogP contribution in [0.5, 0.6) is 0 Å². The van der Waals surface area contributed by atoms with Crippen molar-refractivity contribution in [1.82, 2.24) is 5.32 Å². The number of amides is 1. The minimum absolute atomic E-state index is 0. The second-order valence-electron chi connectivity index (χ2n) is 1.80. The molecular formula is C6H12ClNO2. The normalized spacial score (nSPS) is 11.0. The number of aliphatic hydroxyl groups is 1. The fraction of sp³-hybridized carbons (Fsp3) is 0.500. The van der Waals surface area contributed by atoms with Crippen molar-refractivity contribution in [3.05, 3.63) is 12.7 Å². The standard InChI is InChI=1S/C6H11NO2.ClH/c1-3-6(9)7-4-5(2)8;/h3,5,8H,1,4H2,2H3,(H,7,9);1H. The van der Waals surface area contributed by atoms with E-state index in [2.05, 4.69) is 11.9 Å². The zero-order valence-corrected chi connectivity index (χ0v) is 6.65. The van der Waals surface area contributed by atoms with Crippen LogP contribution in [0.4, 0.5) is 0 Å². The first-order valence-corrected chi connectivity index (χ1v) is 2.75. The van der Waals surface area contributed by atoms with Gasteiger partial charge in [0.2, 0.25) is 5.91 Å². The third kappa shape index (κ3) is 7.46. The molecule has 0 aliphatic carbocycles. The molecule has 0 aromatic rings. The first-order valence-electron chi connectivity index (χ1n) is 2.75. The first-order chi connectivity index (χ1) is 4.16. The second-order valence-corrected chi connectivity index (χ2v) is 1.80. The molecule has 1 atom stereocenters. The fourth-order valence-corrected chi connectivity index (χ4v) is 0.320. The molecule has 0 fully saturated rings. The highest BCUT2D eigenvalue weighted by Gasteiger charge is 1.95. The summed E-state index contributed by atoms with van der Waals surface area (Å²) in [5.41, 5.74) is 0. The maximum atomic E-state index is 10.4. The third-order valence-corrected chi connectivity index (χ3v) is 0.757. The van der Waals surface area contributed by atoms with E-state index >= 15 is 0 Å². The number of hydrogen-bond acceptors (Lipinski definition) is 2. The van der Waals surface area contributed by atoms with Gasteiger partial charge in [-0.05, 0) is 13.0 Å².